The molecule has 3 aromatic heterocycles. The number of pyridine rings is 3. The van der Waals surface area contributed by atoms with Crippen LogP contribution in [0.25, 0.3) is 22.3 Å². The number of halogens is 4. The smallest absolute Gasteiger partial charge is 0.272 e. The van der Waals surface area contributed by atoms with Crippen LogP contribution in [0.15, 0.2) is 59.6 Å². The highest BCUT2D eigenvalue weighted by atomic mass is 35.5. The summed E-state index contributed by atoms with van der Waals surface area (Å²) in [4.78, 5) is 25.6. The van der Waals surface area contributed by atoms with Gasteiger partial charge in [-0.2, -0.15) is 0 Å². The Morgan fingerprint density at radius 1 is 1.15 bits per heavy atom. The van der Waals surface area contributed by atoms with Crippen LogP contribution in [-0.2, 0) is 27.7 Å². The van der Waals surface area contributed by atoms with E-state index in [-0.39, 0.29) is 40.1 Å². The van der Waals surface area contributed by atoms with E-state index in [2.05, 4.69) is 20.3 Å². The van der Waals surface area contributed by atoms with Crippen LogP contribution in [0.5, 0.6) is 5.88 Å². The first-order chi connectivity index (χ1) is 19.1. The minimum absolute atomic E-state index is 0.0295. The molecule has 1 N–H and O–H groups in total. The number of ether oxygens (including phenoxy) is 2. The summed E-state index contributed by atoms with van der Waals surface area (Å²) in [6.45, 7) is -1.65. The monoisotopic (exact) mass is 592 g/mol. The molecular formula is C26H20ClF3N4O5S. The van der Waals surface area contributed by atoms with Crippen molar-refractivity contribution in [3.8, 4) is 17.3 Å². The van der Waals surface area contributed by atoms with Gasteiger partial charge in [0.25, 0.3) is 12.3 Å². The summed E-state index contributed by atoms with van der Waals surface area (Å²) in [5.41, 5.74) is -0.392. The molecule has 1 aromatic carbocycles. The van der Waals surface area contributed by atoms with Gasteiger partial charge in [0.2, 0.25) is 21.2 Å². The second kappa shape index (κ2) is 11.4. The number of nitrogens with zero attached hydrogens (tertiary/aromatic N) is 3. The predicted octanol–water partition coefficient (Wildman–Crippen LogP) is 4.52. The number of nitrogens with one attached hydrogen (secondary N) is 1. The van der Waals surface area contributed by atoms with E-state index in [0.717, 1.165) is 6.07 Å². The zero-order chi connectivity index (χ0) is 28.4. The lowest BCUT2D eigenvalue weighted by atomic mass is 10.1. The number of sulfone groups is 1. The Morgan fingerprint density at radius 3 is 2.75 bits per heavy atom. The molecule has 14 heteroatoms. The largest absolute Gasteiger partial charge is 0.472 e. The van der Waals surface area contributed by atoms with Crippen molar-refractivity contribution in [1.82, 2.24) is 20.3 Å². The Bertz CT molecular complexity index is 1710. The molecule has 0 aliphatic carbocycles. The van der Waals surface area contributed by atoms with Crippen molar-refractivity contribution in [3.63, 3.8) is 0 Å². The van der Waals surface area contributed by atoms with Crippen LogP contribution in [0.3, 0.4) is 0 Å². The highest BCUT2D eigenvalue weighted by molar-refractivity contribution is 7.92. The fourth-order valence-corrected chi connectivity index (χ4v) is 5.66. The SMILES string of the molecule is O=C(NCc1cc2nc(-c3cccc(OCC(F)F)n3)ccc2cn1)c1cc(Cl)c2c(c1)S(=O)(=O)[C@@H](F)COC2. The van der Waals surface area contributed by atoms with E-state index in [1.54, 1.807) is 36.5 Å². The second-order valence-corrected chi connectivity index (χ2v) is 11.2. The van der Waals surface area contributed by atoms with Crippen molar-refractivity contribution in [3.05, 3.63) is 76.6 Å². The Hall–Kier alpha value is -3.81. The number of amides is 1. The average molecular weight is 593 g/mol. The molecule has 4 heterocycles. The highest BCUT2D eigenvalue weighted by Crippen LogP contribution is 2.32. The van der Waals surface area contributed by atoms with Crippen LogP contribution in [0.1, 0.15) is 21.6 Å². The lowest BCUT2D eigenvalue weighted by molar-refractivity contribution is 0.0796. The zero-order valence-electron chi connectivity index (χ0n) is 20.5. The number of hydrogen-bond acceptors (Lipinski definition) is 8. The molecule has 1 aliphatic heterocycles. The van der Waals surface area contributed by atoms with E-state index in [1.165, 1.54) is 12.1 Å². The first-order valence-electron chi connectivity index (χ1n) is 11.8. The number of rotatable bonds is 7. The number of alkyl halides is 3. The molecule has 208 valence electrons. The molecule has 9 nitrogen and oxygen atoms in total. The maximum Gasteiger partial charge on any atom is 0.272 e. The Morgan fingerprint density at radius 2 is 1.95 bits per heavy atom. The van der Waals surface area contributed by atoms with Gasteiger partial charge < -0.3 is 14.8 Å². The van der Waals surface area contributed by atoms with E-state index in [4.69, 9.17) is 21.1 Å². The van der Waals surface area contributed by atoms with E-state index in [9.17, 15) is 26.4 Å². The molecule has 0 saturated carbocycles. The molecule has 40 heavy (non-hydrogen) atoms. The molecule has 0 bridgehead atoms. The fraction of sp³-hybridized carbons (Fsp3) is 0.231. The van der Waals surface area contributed by atoms with E-state index in [1.807, 2.05) is 0 Å². The van der Waals surface area contributed by atoms with Crippen LogP contribution in [-0.4, -0.2) is 54.4 Å². The summed E-state index contributed by atoms with van der Waals surface area (Å²) in [6.07, 6.45) is -1.06. The summed E-state index contributed by atoms with van der Waals surface area (Å²) in [5, 5.41) is 3.32. The van der Waals surface area contributed by atoms with Crippen LogP contribution >= 0.6 is 11.6 Å². The molecule has 0 unspecified atom stereocenters. The summed E-state index contributed by atoms with van der Waals surface area (Å²) < 4.78 is 74.3. The quantitative estimate of drug-likeness (QED) is 0.333. The van der Waals surface area contributed by atoms with Crippen LogP contribution in [0, 0.1) is 0 Å². The number of aromatic nitrogens is 3. The maximum atomic E-state index is 14.2. The summed E-state index contributed by atoms with van der Waals surface area (Å²) in [6, 6.07) is 12.2. The van der Waals surface area contributed by atoms with Crippen molar-refractivity contribution in [2.45, 2.75) is 30.0 Å². The third kappa shape index (κ3) is 5.86. The second-order valence-electron chi connectivity index (χ2n) is 8.72. The van der Waals surface area contributed by atoms with Crippen LogP contribution in [0.4, 0.5) is 13.2 Å². The third-order valence-corrected chi connectivity index (χ3v) is 8.08. The van der Waals surface area contributed by atoms with Gasteiger partial charge in [-0.1, -0.05) is 17.7 Å². The fourth-order valence-electron chi connectivity index (χ4n) is 3.97. The van der Waals surface area contributed by atoms with Crippen molar-refractivity contribution in [1.29, 1.82) is 0 Å². The molecule has 5 rings (SSSR count). The number of benzene rings is 1. The van der Waals surface area contributed by atoms with Crippen molar-refractivity contribution in [2.24, 2.45) is 0 Å². The van der Waals surface area contributed by atoms with Gasteiger partial charge in [0.15, 0.2) is 6.61 Å². The molecule has 1 aliphatic rings. The topological polar surface area (TPSA) is 120 Å². The van der Waals surface area contributed by atoms with Crippen LogP contribution < -0.4 is 10.1 Å². The predicted molar refractivity (Wildman–Crippen MR) is 139 cm³/mol. The van der Waals surface area contributed by atoms with Gasteiger partial charge in [0.1, 0.15) is 0 Å². The standard InChI is InChI=1S/C26H20ClF3N4O5S/c27-18-6-15(7-22-17(18)11-38-13-24(30)40(22,36)37)26(35)32-10-16-8-21-14(9-31-16)4-5-20(33-21)19-2-1-3-25(34-19)39-12-23(28)29/h1-9,23-24H,10-13H2,(H,32,35)/t24-/m1/s1. The molecule has 0 fully saturated rings. The minimum atomic E-state index is -4.39. The van der Waals surface area contributed by atoms with Gasteiger partial charge in [-0.25, -0.2) is 31.6 Å². The molecular weight excluding hydrogens is 573 g/mol. The molecule has 1 atom stereocenters. The zero-order valence-corrected chi connectivity index (χ0v) is 22.1. The maximum absolute atomic E-state index is 14.2. The van der Waals surface area contributed by atoms with Gasteiger partial charge in [-0.3, -0.25) is 9.78 Å². The molecule has 0 spiro atoms. The molecule has 0 radical (unpaired) electrons. The summed E-state index contributed by atoms with van der Waals surface area (Å²) >= 11 is 6.21. The number of carbonyl (C=O) groups is 1. The van der Waals surface area contributed by atoms with E-state index < -0.39 is 40.9 Å². The lowest BCUT2D eigenvalue weighted by Gasteiger charge is -2.12. The molecule has 0 saturated heterocycles. The Labute approximate surface area is 231 Å². The normalized spacial score (nSPS) is 16.4. The van der Waals surface area contributed by atoms with Gasteiger partial charge in [0, 0.05) is 33.8 Å². The van der Waals surface area contributed by atoms with Gasteiger partial charge in [0.05, 0.1) is 47.3 Å². The van der Waals surface area contributed by atoms with E-state index >= 15 is 0 Å². The van der Waals surface area contributed by atoms with Gasteiger partial charge >= 0.3 is 0 Å². The summed E-state index contributed by atoms with van der Waals surface area (Å²) in [5.74, 6) is -0.605. The minimum Gasteiger partial charge on any atom is -0.472 e. The average Bonchev–Trinajstić information content (AvgIpc) is 3.05. The van der Waals surface area contributed by atoms with Crippen molar-refractivity contribution >= 4 is 38.2 Å². The molecule has 1 amide bonds. The van der Waals surface area contributed by atoms with Crippen molar-refractivity contribution < 1.29 is 35.9 Å². The van der Waals surface area contributed by atoms with Gasteiger partial charge in [-0.15, -0.1) is 0 Å². The Balaban J connectivity index is 1.35. The summed E-state index contributed by atoms with van der Waals surface area (Å²) in [7, 11) is -4.39. The van der Waals surface area contributed by atoms with Gasteiger partial charge in [-0.05, 0) is 36.4 Å². The first kappa shape index (κ1) is 27.7. The number of hydrogen-bond donors (Lipinski definition) is 1. The Kier molecular flexibility index (Phi) is 7.88. The molecule has 4 aromatic rings. The van der Waals surface area contributed by atoms with Crippen LogP contribution in [0.2, 0.25) is 5.02 Å². The lowest BCUT2D eigenvalue weighted by Crippen LogP contribution is -2.24. The van der Waals surface area contributed by atoms with E-state index in [0.29, 0.717) is 28.0 Å². The highest BCUT2D eigenvalue weighted by Gasteiger charge is 2.34. The number of carbonyl (C=O) groups excluding carboxylic acids is 1. The first-order valence-corrected chi connectivity index (χ1v) is 13.7. The van der Waals surface area contributed by atoms with Crippen molar-refractivity contribution in [2.75, 3.05) is 13.2 Å². The number of fused-ring (bicyclic) bond motifs is 2. The third-order valence-electron chi connectivity index (χ3n) is 5.96.